The summed E-state index contributed by atoms with van der Waals surface area (Å²) in [5.41, 5.74) is 13.2. The van der Waals surface area contributed by atoms with E-state index in [1.807, 2.05) is 12.1 Å². The Bertz CT molecular complexity index is 1130. The Hall–Kier alpha value is -3.22. The summed E-state index contributed by atoms with van der Waals surface area (Å²) in [7, 11) is 5.10. The number of benzene rings is 3. The number of methoxy groups -OCH3 is 3. The molecule has 0 spiro atoms. The van der Waals surface area contributed by atoms with Crippen molar-refractivity contribution in [1.29, 1.82) is 0 Å². The molecule has 1 saturated heterocycles. The van der Waals surface area contributed by atoms with Crippen molar-refractivity contribution < 1.29 is 14.2 Å². The van der Waals surface area contributed by atoms with Crippen molar-refractivity contribution in [2.45, 2.75) is 25.6 Å². The number of fused-ring (bicyclic) bond motifs is 3. The predicted octanol–water partition coefficient (Wildman–Crippen LogP) is 4.55. The number of hydrogen-bond donors (Lipinski definition) is 2. The molecule has 5 rings (SSSR count). The zero-order valence-corrected chi connectivity index (χ0v) is 19.6. The normalized spacial score (nSPS) is 21.3. The van der Waals surface area contributed by atoms with Crippen LogP contribution >= 0.6 is 0 Å². The second kappa shape index (κ2) is 8.96. The van der Waals surface area contributed by atoms with Gasteiger partial charge >= 0.3 is 0 Å². The molecule has 2 N–H and O–H groups in total. The maximum atomic E-state index is 5.65. The molecule has 2 heterocycles. The second-order valence-electron chi connectivity index (χ2n) is 8.78. The summed E-state index contributed by atoms with van der Waals surface area (Å²) in [5, 5.41) is 0. The van der Waals surface area contributed by atoms with Gasteiger partial charge in [-0.1, -0.05) is 48.0 Å². The Morgan fingerprint density at radius 3 is 2.21 bits per heavy atom. The third-order valence-corrected chi connectivity index (χ3v) is 6.88. The quantitative estimate of drug-likeness (QED) is 0.581. The first-order chi connectivity index (χ1) is 16.1. The average molecular weight is 446 g/mol. The van der Waals surface area contributed by atoms with Gasteiger partial charge in [-0.15, -0.1) is 0 Å². The highest BCUT2D eigenvalue weighted by molar-refractivity contribution is 5.65. The van der Waals surface area contributed by atoms with Crippen LogP contribution in [-0.2, 0) is 6.54 Å². The van der Waals surface area contributed by atoms with Crippen molar-refractivity contribution in [3.63, 3.8) is 0 Å². The first kappa shape index (κ1) is 21.6. The number of hydrogen-bond acceptors (Lipinski definition) is 6. The minimum absolute atomic E-state index is 0.167. The molecule has 33 heavy (non-hydrogen) atoms. The standard InChI is InChI=1S/C27H31N3O3/c1-17-9-11-18(12-10-17)26-21-16-30(15-19-7-5-6-8-23(19)31-2)22-14-25(33-4)24(32-3)13-20(22)27(21)29-28-26/h5-14,21,26-29H,15-16H2,1-4H3. The van der Waals surface area contributed by atoms with Gasteiger partial charge in [0.05, 0.1) is 33.4 Å². The van der Waals surface area contributed by atoms with E-state index in [0.717, 1.165) is 41.6 Å². The fourth-order valence-electron chi connectivity index (χ4n) is 5.16. The molecule has 172 valence electrons. The molecular weight excluding hydrogens is 414 g/mol. The van der Waals surface area contributed by atoms with Gasteiger partial charge in [0, 0.05) is 36.3 Å². The lowest BCUT2D eigenvalue weighted by molar-refractivity contribution is 0.350. The van der Waals surface area contributed by atoms with Crippen LogP contribution in [-0.4, -0.2) is 27.9 Å². The molecule has 6 nitrogen and oxygen atoms in total. The SMILES string of the molecule is COc1ccccc1CN1CC2C(c3ccc(C)cc3)NNC2c2cc(OC)c(OC)cc21. The Kier molecular flexibility index (Phi) is 5.87. The highest BCUT2D eigenvalue weighted by atomic mass is 16.5. The van der Waals surface area contributed by atoms with Gasteiger partial charge in [0.25, 0.3) is 0 Å². The first-order valence-electron chi connectivity index (χ1n) is 11.3. The Balaban J connectivity index is 1.57. The monoisotopic (exact) mass is 445 g/mol. The van der Waals surface area contributed by atoms with Crippen LogP contribution < -0.4 is 30.0 Å². The molecule has 3 aromatic rings. The fraction of sp³-hybridized carbons (Fsp3) is 0.333. The Morgan fingerprint density at radius 1 is 0.818 bits per heavy atom. The number of nitrogens with zero attached hydrogens (tertiary/aromatic N) is 1. The van der Waals surface area contributed by atoms with Crippen LogP contribution in [0.15, 0.2) is 60.7 Å². The second-order valence-corrected chi connectivity index (χ2v) is 8.78. The van der Waals surface area contributed by atoms with Crippen LogP contribution in [0.25, 0.3) is 0 Å². The summed E-state index contributed by atoms with van der Waals surface area (Å²) in [6, 6.07) is 21.6. The summed E-state index contributed by atoms with van der Waals surface area (Å²) in [6.45, 7) is 3.76. The highest BCUT2D eigenvalue weighted by Gasteiger charge is 2.44. The number of ether oxygens (including phenoxy) is 3. The van der Waals surface area contributed by atoms with Gasteiger partial charge < -0.3 is 19.1 Å². The van der Waals surface area contributed by atoms with Gasteiger partial charge in [0.1, 0.15) is 5.75 Å². The maximum Gasteiger partial charge on any atom is 0.162 e. The molecule has 2 aliphatic heterocycles. The van der Waals surface area contributed by atoms with Crippen molar-refractivity contribution in [2.24, 2.45) is 5.92 Å². The van der Waals surface area contributed by atoms with E-state index in [1.165, 1.54) is 16.7 Å². The van der Waals surface area contributed by atoms with Gasteiger partial charge in [-0.25, -0.2) is 10.9 Å². The molecule has 2 aliphatic rings. The van der Waals surface area contributed by atoms with Crippen LogP contribution in [0.1, 0.15) is 34.3 Å². The van der Waals surface area contributed by atoms with Crippen LogP contribution in [0, 0.1) is 12.8 Å². The fourth-order valence-corrected chi connectivity index (χ4v) is 5.16. The molecule has 0 bridgehead atoms. The van der Waals surface area contributed by atoms with E-state index in [-0.39, 0.29) is 12.1 Å². The molecule has 0 aliphatic carbocycles. The van der Waals surface area contributed by atoms with E-state index in [4.69, 9.17) is 14.2 Å². The number of rotatable bonds is 6. The molecule has 0 amide bonds. The predicted molar refractivity (Wildman–Crippen MR) is 130 cm³/mol. The largest absolute Gasteiger partial charge is 0.496 e. The number of hydrazine groups is 1. The summed E-state index contributed by atoms with van der Waals surface area (Å²) in [6.07, 6.45) is 0. The summed E-state index contributed by atoms with van der Waals surface area (Å²) in [5.74, 6) is 2.72. The Labute approximate surface area is 195 Å². The lowest BCUT2D eigenvalue weighted by atomic mass is 9.81. The number of anilines is 1. The average Bonchev–Trinajstić information content (AvgIpc) is 3.28. The Morgan fingerprint density at radius 2 is 1.48 bits per heavy atom. The van der Waals surface area contributed by atoms with E-state index >= 15 is 0 Å². The van der Waals surface area contributed by atoms with Crippen molar-refractivity contribution in [1.82, 2.24) is 10.9 Å². The summed E-state index contributed by atoms with van der Waals surface area (Å²) in [4.78, 5) is 2.44. The van der Waals surface area contributed by atoms with Crippen molar-refractivity contribution in [2.75, 3.05) is 32.8 Å². The molecule has 0 radical (unpaired) electrons. The van der Waals surface area contributed by atoms with E-state index in [0.29, 0.717) is 5.92 Å². The third kappa shape index (κ3) is 3.90. The van der Waals surface area contributed by atoms with E-state index in [2.05, 4.69) is 71.2 Å². The van der Waals surface area contributed by atoms with Crippen molar-refractivity contribution in [3.8, 4) is 17.2 Å². The minimum atomic E-state index is 0.167. The molecule has 6 heteroatoms. The van der Waals surface area contributed by atoms with Gasteiger partial charge in [0.15, 0.2) is 11.5 Å². The smallest absolute Gasteiger partial charge is 0.162 e. The minimum Gasteiger partial charge on any atom is -0.496 e. The van der Waals surface area contributed by atoms with Crippen molar-refractivity contribution >= 4 is 5.69 Å². The lowest BCUT2D eigenvalue weighted by Crippen LogP contribution is -2.39. The van der Waals surface area contributed by atoms with Gasteiger partial charge in [0.2, 0.25) is 0 Å². The third-order valence-electron chi connectivity index (χ3n) is 6.88. The maximum absolute atomic E-state index is 5.65. The van der Waals surface area contributed by atoms with Gasteiger partial charge in [-0.3, -0.25) is 0 Å². The molecule has 3 atom stereocenters. The van der Waals surface area contributed by atoms with Crippen LogP contribution in [0.3, 0.4) is 0 Å². The zero-order valence-electron chi connectivity index (χ0n) is 19.6. The highest BCUT2D eigenvalue weighted by Crippen LogP contribution is 2.49. The van der Waals surface area contributed by atoms with E-state index in [1.54, 1.807) is 21.3 Å². The molecule has 0 aromatic heterocycles. The van der Waals surface area contributed by atoms with Crippen LogP contribution in [0.4, 0.5) is 5.69 Å². The number of aryl methyl sites for hydroxylation is 1. The van der Waals surface area contributed by atoms with Crippen LogP contribution in [0.2, 0.25) is 0 Å². The molecule has 0 saturated carbocycles. The van der Waals surface area contributed by atoms with E-state index in [9.17, 15) is 0 Å². The van der Waals surface area contributed by atoms with Gasteiger partial charge in [-0.05, 0) is 30.2 Å². The van der Waals surface area contributed by atoms with Crippen molar-refractivity contribution in [3.05, 3.63) is 82.9 Å². The summed E-state index contributed by atoms with van der Waals surface area (Å²) >= 11 is 0. The molecule has 3 unspecified atom stereocenters. The topological polar surface area (TPSA) is 55.0 Å². The molecule has 3 aromatic carbocycles. The first-order valence-corrected chi connectivity index (χ1v) is 11.3. The van der Waals surface area contributed by atoms with E-state index < -0.39 is 0 Å². The summed E-state index contributed by atoms with van der Waals surface area (Å²) < 4.78 is 16.9. The number of para-hydroxylation sites is 1. The molecular formula is C27H31N3O3. The molecule has 1 fully saturated rings. The zero-order chi connectivity index (χ0) is 22.9. The lowest BCUT2D eigenvalue weighted by Gasteiger charge is -2.40. The number of nitrogens with one attached hydrogen (secondary N) is 2. The van der Waals surface area contributed by atoms with Gasteiger partial charge in [-0.2, -0.15) is 0 Å². The van der Waals surface area contributed by atoms with Crippen LogP contribution in [0.5, 0.6) is 17.2 Å².